The van der Waals surface area contributed by atoms with E-state index in [1.807, 2.05) is 23.7 Å². The van der Waals surface area contributed by atoms with E-state index in [0.717, 1.165) is 30.3 Å². The standard InChI is InChI=1S/C14H15IN6/c1-10-5-8-20(14-18-9-19-21(10)14)15-12-4-7-17-13-11(12)3-2-6-16-13/h2-3,5-6,8-9,12H,4,7H2,1H3,(H,16,17). The second kappa shape index (κ2) is 5.21. The number of alkyl halides is 1. The number of aryl methyl sites for hydroxylation is 1. The third-order valence-electron chi connectivity index (χ3n) is 3.59. The van der Waals surface area contributed by atoms with Crippen molar-refractivity contribution in [2.75, 3.05) is 11.9 Å². The van der Waals surface area contributed by atoms with Gasteiger partial charge in [0.2, 0.25) is 0 Å². The topological polar surface area (TPSA) is 59.0 Å². The molecule has 1 aliphatic rings. The van der Waals surface area contributed by atoms with Crippen LogP contribution >= 0.6 is 0 Å². The van der Waals surface area contributed by atoms with Crippen molar-refractivity contribution in [2.24, 2.45) is 0 Å². The number of pyridine rings is 1. The summed E-state index contributed by atoms with van der Waals surface area (Å²) in [5.41, 5.74) is 2.44. The van der Waals surface area contributed by atoms with Crippen LogP contribution in [0.25, 0.3) is 5.78 Å². The molecule has 108 valence electrons. The molecule has 0 aliphatic carbocycles. The predicted octanol–water partition coefficient (Wildman–Crippen LogP) is -1.87. The van der Waals surface area contributed by atoms with Gasteiger partial charge in [-0.3, -0.25) is 0 Å². The number of nitrogens with zero attached hydrogens (tertiary/aromatic N) is 5. The van der Waals surface area contributed by atoms with Gasteiger partial charge in [-0.05, 0) is 0 Å². The van der Waals surface area contributed by atoms with Gasteiger partial charge in [-0.15, -0.1) is 0 Å². The van der Waals surface area contributed by atoms with Crippen molar-refractivity contribution in [2.45, 2.75) is 17.3 Å². The van der Waals surface area contributed by atoms with Crippen LogP contribution in [0.15, 0.2) is 36.9 Å². The average molecular weight is 394 g/mol. The van der Waals surface area contributed by atoms with E-state index in [0.29, 0.717) is 3.92 Å². The average Bonchev–Trinajstić information content (AvgIpc) is 3.01. The van der Waals surface area contributed by atoms with Gasteiger partial charge in [0.05, 0.1) is 0 Å². The molecule has 1 atom stereocenters. The van der Waals surface area contributed by atoms with Gasteiger partial charge < -0.3 is 0 Å². The first-order valence-electron chi connectivity index (χ1n) is 6.87. The Hall–Kier alpha value is -1.77. The summed E-state index contributed by atoms with van der Waals surface area (Å²) in [6.07, 6.45) is 6.76. The molecule has 0 saturated carbocycles. The Morgan fingerprint density at radius 3 is 3.29 bits per heavy atom. The van der Waals surface area contributed by atoms with Crippen molar-refractivity contribution in [3.63, 3.8) is 0 Å². The molecule has 0 bridgehead atoms. The van der Waals surface area contributed by atoms with Gasteiger partial charge in [0.15, 0.2) is 0 Å². The fraction of sp³-hybridized carbons (Fsp3) is 0.286. The first kappa shape index (κ1) is 12.9. The number of nitrogens with one attached hydrogen (secondary N) is 1. The van der Waals surface area contributed by atoms with E-state index in [1.165, 1.54) is 5.56 Å². The predicted molar refractivity (Wildman–Crippen MR) is 73.4 cm³/mol. The zero-order chi connectivity index (χ0) is 14.2. The van der Waals surface area contributed by atoms with Crippen molar-refractivity contribution in [1.29, 1.82) is 0 Å². The summed E-state index contributed by atoms with van der Waals surface area (Å²) in [5, 5.41) is 7.68. The van der Waals surface area contributed by atoms with Crippen LogP contribution in [0.4, 0.5) is 5.82 Å². The molecule has 6 nitrogen and oxygen atoms in total. The van der Waals surface area contributed by atoms with Gasteiger partial charge in [0, 0.05) is 0 Å². The fourth-order valence-electron chi connectivity index (χ4n) is 2.54. The van der Waals surface area contributed by atoms with E-state index in [2.05, 4.69) is 41.5 Å². The van der Waals surface area contributed by atoms with Crippen molar-refractivity contribution in [1.82, 2.24) is 19.6 Å². The molecule has 0 spiro atoms. The minimum atomic E-state index is -0.259. The van der Waals surface area contributed by atoms with Crippen LogP contribution in [-0.4, -0.2) is 26.1 Å². The molecule has 1 unspecified atom stereocenters. The Kier molecular flexibility index (Phi) is 3.21. The molecule has 21 heavy (non-hydrogen) atoms. The monoisotopic (exact) mass is 394 g/mol. The van der Waals surface area contributed by atoms with Gasteiger partial charge in [-0.2, -0.15) is 0 Å². The van der Waals surface area contributed by atoms with Gasteiger partial charge in [0.1, 0.15) is 0 Å². The van der Waals surface area contributed by atoms with Crippen molar-refractivity contribution < 1.29 is 24.3 Å². The van der Waals surface area contributed by atoms with Crippen LogP contribution < -0.4 is 29.6 Å². The molecule has 3 aromatic heterocycles. The van der Waals surface area contributed by atoms with E-state index in [1.54, 1.807) is 6.33 Å². The summed E-state index contributed by atoms with van der Waals surface area (Å²) >= 11 is -0.259. The van der Waals surface area contributed by atoms with E-state index in [4.69, 9.17) is 0 Å². The van der Waals surface area contributed by atoms with Crippen molar-refractivity contribution in [3.8, 4) is 0 Å². The number of hydrogen-bond acceptors (Lipinski definition) is 4. The zero-order valence-corrected chi connectivity index (χ0v) is 13.7. The van der Waals surface area contributed by atoms with Crippen molar-refractivity contribution >= 4 is 11.6 Å². The van der Waals surface area contributed by atoms with E-state index < -0.39 is 0 Å². The number of aromatic nitrogens is 5. The van der Waals surface area contributed by atoms with Gasteiger partial charge in [0.25, 0.3) is 0 Å². The molecule has 3 aromatic rings. The Bertz CT molecular complexity index is 799. The summed E-state index contributed by atoms with van der Waals surface area (Å²) in [4.78, 5) is 8.85. The van der Waals surface area contributed by atoms with Crippen LogP contribution in [-0.2, 0) is 0 Å². The fourth-order valence-corrected chi connectivity index (χ4v) is 5.58. The first-order valence-corrected chi connectivity index (χ1v) is 9.08. The molecule has 0 fully saturated rings. The Morgan fingerprint density at radius 1 is 1.38 bits per heavy atom. The molecular formula is C14H15IN6. The normalized spacial score (nSPS) is 17.7. The van der Waals surface area contributed by atoms with E-state index in [9.17, 15) is 0 Å². The van der Waals surface area contributed by atoms with Crippen LogP contribution in [0.2, 0.25) is 0 Å². The summed E-state index contributed by atoms with van der Waals surface area (Å²) in [6.45, 7) is 3.04. The van der Waals surface area contributed by atoms with Gasteiger partial charge in [-0.1, -0.05) is 0 Å². The number of fused-ring (bicyclic) bond motifs is 2. The minimum absolute atomic E-state index is 0.259. The van der Waals surface area contributed by atoms with Crippen LogP contribution in [0.5, 0.6) is 0 Å². The maximum absolute atomic E-state index is 4.44. The van der Waals surface area contributed by atoms with Gasteiger partial charge >= 0.3 is 133 Å². The molecule has 7 heteroatoms. The molecule has 4 rings (SSSR count). The number of anilines is 1. The summed E-state index contributed by atoms with van der Waals surface area (Å²) < 4.78 is 4.75. The molecule has 0 saturated heterocycles. The van der Waals surface area contributed by atoms with E-state index in [-0.39, 0.29) is 21.5 Å². The number of hydrogen-bond donors (Lipinski definition) is 1. The zero-order valence-electron chi connectivity index (χ0n) is 11.6. The second-order valence-corrected chi connectivity index (χ2v) is 8.06. The molecule has 4 heterocycles. The van der Waals surface area contributed by atoms with Gasteiger partial charge in [-0.25, -0.2) is 0 Å². The third-order valence-corrected chi connectivity index (χ3v) is 6.91. The molecule has 0 radical (unpaired) electrons. The summed E-state index contributed by atoms with van der Waals surface area (Å²) in [6, 6.07) is 6.32. The van der Waals surface area contributed by atoms with Crippen LogP contribution in [0.3, 0.4) is 0 Å². The maximum atomic E-state index is 4.44. The first-order chi connectivity index (χ1) is 10.3. The molecule has 0 aromatic carbocycles. The molecule has 0 amide bonds. The summed E-state index contributed by atoms with van der Waals surface area (Å²) in [5.74, 6) is 1.98. The SMILES string of the molecule is Cc1cc[n+]([I-]C2CCNc3ncccc32)c2ncnn12. The van der Waals surface area contributed by atoms with Crippen molar-refractivity contribution in [3.05, 3.63) is 48.2 Å². The van der Waals surface area contributed by atoms with Crippen LogP contribution in [0, 0.1) is 6.92 Å². The molecular weight excluding hydrogens is 379 g/mol. The quantitative estimate of drug-likeness (QED) is 0.409. The Balaban J connectivity index is 1.73. The van der Waals surface area contributed by atoms with E-state index >= 15 is 0 Å². The number of halogens is 1. The molecule has 1 aliphatic heterocycles. The Morgan fingerprint density at radius 2 is 2.33 bits per heavy atom. The third kappa shape index (κ3) is 2.25. The second-order valence-electron chi connectivity index (χ2n) is 4.96. The molecule has 1 N–H and O–H groups in total. The summed E-state index contributed by atoms with van der Waals surface area (Å²) in [7, 11) is 0. The Labute approximate surface area is 132 Å². The van der Waals surface area contributed by atoms with Crippen LogP contribution in [0.1, 0.15) is 21.6 Å². The number of rotatable bonds is 2.